The Labute approximate surface area is 121 Å². The lowest BCUT2D eigenvalue weighted by Crippen LogP contribution is -2.52. The molecule has 0 atom stereocenters. The lowest BCUT2D eigenvalue weighted by molar-refractivity contribution is -0.157. The van der Waals surface area contributed by atoms with Crippen molar-refractivity contribution in [2.75, 3.05) is 33.3 Å². The van der Waals surface area contributed by atoms with E-state index in [9.17, 15) is 9.90 Å². The van der Waals surface area contributed by atoms with Gasteiger partial charge in [0.15, 0.2) is 0 Å². The van der Waals surface area contributed by atoms with Crippen molar-refractivity contribution in [1.29, 1.82) is 0 Å². The van der Waals surface area contributed by atoms with Crippen molar-refractivity contribution in [2.45, 2.75) is 50.5 Å². The first-order valence-corrected chi connectivity index (χ1v) is 7.77. The molecule has 3 N–H and O–H groups in total. The van der Waals surface area contributed by atoms with Crippen molar-refractivity contribution in [3.63, 3.8) is 0 Å². The molecule has 1 aliphatic heterocycles. The first-order valence-electron chi connectivity index (χ1n) is 7.77. The van der Waals surface area contributed by atoms with E-state index >= 15 is 0 Å². The zero-order valence-electron chi connectivity index (χ0n) is 12.6. The summed E-state index contributed by atoms with van der Waals surface area (Å²) in [6.07, 6.45) is 6.67. The fourth-order valence-corrected chi connectivity index (χ4v) is 3.63. The van der Waals surface area contributed by atoms with Gasteiger partial charge in [-0.25, -0.2) is 0 Å². The number of likely N-dealkylation sites (tertiary alicyclic amines) is 1. The maximum absolute atomic E-state index is 12.2. The van der Waals surface area contributed by atoms with Gasteiger partial charge < -0.3 is 20.5 Å². The molecule has 1 saturated carbocycles. The zero-order valence-corrected chi connectivity index (χ0v) is 12.6. The molecule has 0 aromatic rings. The molecule has 5 heteroatoms. The fourth-order valence-electron chi connectivity index (χ4n) is 3.63. The largest absolute Gasteiger partial charge is 0.469 e. The number of methoxy groups -OCH3 is 1. The highest BCUT2D eigenvalue weighted by Crippen LogP contribution is 2.39. The van der Waals surface area contributed by atoms with Gasteiger partial charge in [-0.3, -0.25) is 4.79 Å². The van der Waals surface area contributed by atoms with Gasteiger partial charge in [-0.05, 0) is 25.7 Å². The summed E-state index contributed by atoms with van der Waals surface area (Å²) in [5.74, 6) is -0.0585. The smallest absolute Gasteiger partial charge is 0.313 e. The van der Waals surface area contributed by atoms with Crippen LogP contribution in [0.15, 0.2) is 0 Å². The number of nitrogens with zero attached hydrogens (tertiary/aromatic N) is 1. The van der Waals surface area contributed by atoms with Crippen LogP contribution in [-0.4, -0.2) is 54.9 Å². The second kappa shape index (κ2) is 6.41. The molecule has 1 saturated heterocycles. The molecule has 116 valence electrons. The third-order valence-corrected chi connectivity index (χ3v) is 5.12. The van der Waals surface area contributed by atoms with Gasteiger partial charge in [-0.1, -0.05) is 19.3 Å². The van der Waals surface area contributed by atoms with Crippen LogP contribution >= 0.6 is 0 Å². The molecule has 0 aromatic heterocycles. The van der Waals surface area contributed by atoms with Crippen molar-refractivity contribution < 1.29 is 14.6 Å². The Morgan fingerprint density at radius 2 is 1.80 bits per heavy atom. The highest BCUT2D eigenvalue weighted by Gasteiger charge is 2.43. The van der Waals surface area contributed by atoms with E-state index in [0.717, 1.165) is 45.3 Å². The van der Waals surface area contributed by atoms with E-state index in [-0.39, 0.29) is 11.4 Å². The van der Waals surface area contributed by atoms with Gasteiger partial charge >= 0.3 is 5.97 Å². The number of ether oxygens (including phenoxy) is 1. The fraction of sp³-hybridized carbons (Fsp3) is 0.933. The number of esters is 1. The van der Waals surface area contributed by atoms with E-state index in [1.807, 2.05) is 0 Å². The van der Waals surface area contributed by atoms with Gasteiger partial charge in [0.2, 0.25) is 0 Å². The van der Waals surface area contributed by atoms with Crippen LogP contribution in [0.1, 0.15) is 44.9 Å². The van der Waals surface area contributed by atoms with Gasteiger partial charge in [0.1, 0.15) is 0 Å². The average Bonchev–Trinajstić information content (AvgIpc) is 2.50. The van der Waals surface area contributed by atoms with Crippen LogP contribution < -0.4 is 5.73 Å². The number of nitrogens with two attached hydrogens (primary N) is 1. The molecule has 0 aromatic carbocycles. The van der Waals surface area contributed by atoms with Crippen LogP contribution in [0, 0.1) is 5.41 Å². The van der Waals surface area contributed by atoms with Crippen molar-refractivity contribution >= 4 is 5.97 Å². The summed E-state index contributed by atoms with van der Waals surface area (Å²) in [5.41, 5.74) is 4.59. The topological polar surface area (TPSA) is 75.8 Å². The SMILES string of the molecule is COC(=O)C1(CN2CCC(O)(CN)CC2)CCCCC1. The van der Waals surface area contributed by atoms with E-state index in [1.54, 1.807) is 0 Å². The molecular weight excluding hydrogens is 256 g/mol. The third-order valence-electron chi connectivity index (χ3n) is 5.12. The highest BCUT2D eigenvalue weighted by atomic mass is 16.5. The Bertz CT molecular complexity index is 332. The Morgan fingerprint density at radius 3 is 2.30 bits per heavy atom. The first kappa shape index (κ1) is 15.7. The second-order valence-electron chi connectivity index (χ2n) is 6.54. The van der Waals surface area contributed by atoms with Crippen molar-refractivity contribution in [2.24, 2.45) is 11.1 Å². The minimum absolute atomic E-state index is 0.0585. The Morgan fingerprint density at radius 1 is 1.20 bits per heavy atom. The van der Waals surface area contributed by atoms with E-state index < -0.39 is 5.60 Å². The van der Waals surface area contributed by atoms with Gasteiger partial charge in [0.25, 0.3) is 0 Å². The Balaban J connectivity index is 1.97. The molecular formula is C15H28N2O3. The van der Waals surface area contributed by atoms with Gasteiger partial charge in [0.05, 0.1) is 18.1 Å². The van der Waals surface area contributed by atoms with Crippen LogP contribution in [0.5, 0.6) is 0 Å². The monoisotopic (exact) mass is 284 g/mol. The van der Waals surface area contributed by atoms with E-state index in [0.29, 0.717) is 19.4 Å². The molecule has 1 aliphatic carbocycles. The Kier molecular flexibility index (Phi) is 5.04. The molecule has 5 nitrogen and oxygen atoms in total. The number of carbonyl (C=O) groups is 1. The molecule has 0 bridgehead atoms. The summed E-state index contributed by atoms with van der Waals surface area (Å²) in [7, 11) is 1.49. The normalized spacial score (nSPS) is 26.1. The number of hydrogen-bond acceptors (Lipinski definition) is 5. The summed E-state index contributed by atoms with van der Waals surface area (Å²) in [6, 6.07) is 0. The lowest BCUT2D eigenvalue weighted by Gasteiger charge is -2.43. The van der Waals surface area contributed by atoms with Gasteiger partial charge in [-0.15, -0.1) is 0 Å². The molecule has 2 aliphatic rings. The predicted molar refractivity (Wildman–Crippen MR) is 77.2 cm³/mol. The minimum atomic E-state index is -0.707. The van der Waals surface area contributed by atoms with Gasteiger partial charge in [0, 0.05) is 26.2 Å². The minimum Gasteiger partial charge on any atom is -0.469 e. The summed E-state index contributed by atoms with van der Waals surface area (Å²) >= 11 is 0. The van der Waals surface area contributed by atoms with Crippen molar-refractivity contribution in [3.05, 3.63) is 0 Å². The predicted octanol–water partition coefficient (Wildman–Crippen LogP) is 0.895. The van der Waals surface area contributed by atoms with Crippen LogP contribution in [0.4, 0.5) is 0 Å². The van der Waals surface area contributed by atoms with Crippen LogP contribution in [0.2, 0.25) is 0 Å². The number of aliphatic hydroxyl groups is 1. The summed E-state index contributed by atoms with van der Waals surface area (Å²) < 4.78 is 5.06. The third kappa shape index (κ3) is 3.32. The molecule has 0 amide bonds. The zero-order chi connectivity index (χ0) is 14.6. The molecule has 0 spiro atoms. The summed E-state index contributed by atoms with van der Waals surface area (Å²) in [4.78, 5) is 14.5. The maximum atomic E-state index is 12.2. The average molecular weight is 284 g/mol. The number of carbonyl (C=O) groups excluding carboxylic acids is 1. The van der Waals surface area contributed by atoms with Crippen LogP contribution in [0.25, 0.3) is 0 Å². The summed E-state index contributed by atoms with van der Waals surface area (Å²) in [6.45, 7) is 2.71. The number of rotatable bonds is 4. The van der Waals surface area contributed by atoms with E-state index in [4.69, 9.17) is 10.5 Å². The molecule has 2 rings (SSSR count). The van der Waals surface area contributed by atoms with Crippen LogP contribution in [0.3, 0.4) is 0 Å². The first-order chi connectivity index (χ1) is 9.53. The molecule has 0 radical (unpaired) electrons. The molecule has 1 heterocycles. The second-order valence-corrected chi connectivity index (χ2v) is 6.54. The molecule has 0 unspecified atom stereocenters. The quantitative estimate of drug-likeness (QED) is 0.750. The van der Waals surface area contributed by atoms with Crippen molar-refractivity contribution in [1.82, 2.24) is 4.90 Å². The highest BCUT2D eigenvalue weighted by molar-refractivity contribution is 5.77. The number of piperidine rings is 1. The standard InChI is InChI=1S/C15H28N2O3/c1-20-13(18)14(5-3-2-4-6-14)12-17-9-7-15(19,11-16)8-10-17/h19H,2-12,16H2,1H3. The van der Waals surface area contributed by atoms with E-state index in [2.05, 4.69) is 4.90 Å². The lowest BCUT2D eigenvalue weighted by atomic mass is 9.73. The molecule has 2 fully saturated rings. The van der Waals surface area contributed by atoms with Crippen molar-refractivity contribution in [3.8, 4) is 0 Å². The Hall–Kier alpha value is -0.650. The molecule has 20 heavy (non-hydrogen) atoms. The maximum Gasteiger partial charge on any atom is 0.313 e. The van der Waals surface area contributed by atoms with Crippen LogP contribution in [-0.2, 0) is 9.53 Å². The van der Waals surface area contributed by atoms with Gasteiger partial charge in [-0.2, -0.15) is 0 Å². The number of hydrogen-bond donors (Lipinski definition) is 2. The summed E-state index contributed by atoms with van der Waals surface area (Å²) in [5, 5.41) is 10.2. The van der Waals surface area contributed by atoms with E-state index in [1.165, 1.54) is 13.5 Å².